The molecule has 0 aromatic carbocycles. The van der Waals surface area contributed by atoms with E-state index in [4.69, 9.17) is 5.11 Å². The first-order chi connectivity index (χ1) is 8.30. The lowest BCUT2D eigenvalue weighted by Crippen LogP contribution is -2.51. The molecule has 6 nitrogen and oxygen atoms in total. The maximum absolute atomic E-state index is 11.9. The molecule has 0 aliphatic rings. The van der Waals surface area contributed by atoms with Crippen LogP contribution < -0.4 is 10.9 Å². The molecular weight excluding hydrogens is 236 g/mol. The van der Waals surface area contributed by atoms with Crippen LogP contribution in [0.4, 0.5) is 0 Å². The van der Waals surface area contributed by atoms with Crippen LogP contribution in [-0.4, -0.2) is 27.1 Å². The molecule has 2 N–H and O–H groups in total. The van der Waals surface area contributed by atoms with Crippen molar-refractivity contribution < 1.29 is 14.7 Å². The summed E-state index contributed by atoms with van der Waals surface area (Å²) in [5.74, 6) is -1.61. The van der Waals surface area contributed by atoms with Gasteiger partial charge in [0, 0.05) is 19.3 Å². The van der Waals surface area contributed by atoms with Crippen LogP contribution in [0.3, 0.4) is 0 Å². The zero-order valence-corrected chi connectivity index (χ0v) is 10.6. The molecule has 1 unspecified atom stereocenters. The molecule has 0 fully saturated rings. The van der Waals surface area contributed by atoms with E-state index in [1.807, 2.05) is 0 Å². The third-order valence-electron chi connectivity index (χ3n) is 2.92. The highest BCUT2D eigenvalue weighted by Gasteiger charge is 2.33. The summed E-state index contributed by atoms with van der Waals surface area (Å²) in [4.78, 5) is 34.1. The minimum Gasteiger partial charge on any atom is -0.480 e. The molecule has 6 heteroatoms. The number of hydrogen-bond donors (Lipinski definition) is 2. The van der Waals surface area contributed by atoms with Gasteiger partial charge >= 0.3 is 5.97 Å². The van der Waals surface area contributed by atoms with Crippen molar-refractivity contribution in [3.8, 4) is 0 Å². The predicted molar refractivity (Wildman–Crippen MR) is 65.5 cm³/mol. The molecule has 1 aromatic rings. The van der Waals surface area contributed by atoms with E-state index in [1.165, 1.54) is 36.9 Å². The van der Waals surface area contributed by atoms with Crippen molar-refractivity contribution in [3.63, 3.8) is 0 Å². The van der Waals surface area contributed by atoms with E-state index in [0.717, 1.165) is 0 Å². The molecule has 0 spiro atoms. The average Bonchev–Trinajstić information content (AvgIpc) is 2.32. The van der Waals surface area contributed by atoms with Crippen LogP contribution in [0, 0.1) is 0 Å². The van der Waals surface area contributed by atoms with Gasteiger partial charge in [-0.1, -0.05) is 6.92 Å². The molecule has 1 aromatic heterocycles. The van der Waals surface area contributed by atoms with Crippen molar-refractivity contribution in [3.05, 3.63) is 34.2 Å². The fourth-order valence-corrected chi connectivity index (χ4v) is 1.34. The first-order valence-corrected chi connectivity index (χ1v) is 5.53. The van der Waals surface area contributed by atoms with Gasteiger partial charge < -0.3 is 15.0 Å². The first kappa shape index (κ1) is 14.0. The van der Waals surface area contributed by atoms with Crippen LogP contribution in [0.1, 0.15) is 30.6 Å². The number of aliphatic carboxylic acids is 1. The molecular formula is C12H16N2O4. The molecule has 0 radical (unpaired) electrons. The van der Waals surface area contributed by atoms with Crippen molar-refractivity contribution in [2.24, 2.45) is 7.05 Å². The van der Waals surface area contributed by atoms with Crippen LogP contribution >= 0.6 is 0 Å². The maximum atomic E-state index is 11.9. The maximum Gasteiger partial charge on any atom is 0.329 e. The quantitative estimate of drug-likeness (QED) is 0.810. The molecule has 0 aliphatic carbocycles. The highest BCUT2D eigenvalue weighted by Crippen LogP contribution is 2.10. The third kappa shape index (κ3) is 2.77. The number of carbonyl (C=O) groups is 2. The first-order valence-electron chi connectivity index (χ1n) is 5.53. The van der Waals surface area contributed by atoms with Crippen molar-refractivity contribution in [1.29, 1.82) is 0 Å². The second-order valence-corrected chi connectivity index (χ2v) is 4.31. The van der Waals surface area contributed by atoms with Crippen molar-refractivity contribution >= 4 is 11.9 Å². The van der Waals surface area contributed by atoms with Gasteiger partial charge in [0.1, 0.15) is 5.54 Å². The van der Waals surface area contributed by atoms with E-state index in [1.54, 1.807) is 6.92 Å². The Morgan fingerprint density at radius 2 is 2.06 bits per heavy atom. The number of pyridine rings is 1. The number of amides is 1. The van der Waals surface area contributed by atoms with Crippen LogP contribution in [0.25, 0.3) is 0 Å². The molecule has 1 amide bonds. The minimum absolute atomic E-state index is 0.233. The highest BCUT2D eigenvalue weighted by molar-refractivity contribution is 5.97. The molecule has 18 heavy (non-hydrogen) atoms. The molecule has 0 saturated heterocycles. The number of aryl methyl sites for hydroxylation is 1. The van der Waals surface area contributed by atoms with E-state index < -0.39 is 17.4 Å². The standard InChI is InChI=1S/C12H16N2O4/c1-4-12(2,11(17)18)13-10(16)8-5-6-9(15)14(3)7-8/h5-7H,4H2,1-3H3,(H,13,16)(H,17,18). The van der Waals surface area contributed by atoms with E-state index >= 15 is 0 Å². The number of carboxylic acid groups (broad SMARTS) is 1. The summed E-state index contributed by atoms with van der Waals surface area (Å²) < 4.78 is 1.26. The third-order valence-corrected chi connectivity index (χ3v) is 2.92. The van der Waals surface area contributed by atoms with Crippen molar-refractivity contribution in [2.75, 3.05) is 0 Å². The summed E-state index contributed by atoms with van der Waals surface area (Å²) in [6.45, 7) is 3.12. The number of hydrogen-bond acceptors (Lipinski definition) is 3. The Balaban J connectivity index is 2.98. The Labute approximate surface area is 104 Å². The van der Waals surface area contributed by atoms with E-state index in [9.17, 15) is 14.4 Å². The van der Waals surface area contributed by atoms with Crippen molar-refractivity contribution in [1.82, 2.24) is 9.88 Å². The predicted octanol–water partition coefficient (Wildman–Crippen LogP) is 0.368. The summed E-state index contributed by atoms with van der Waals surface area (Å²) in [5, 5.41) is 11.5. The Morgan fingerprint density at radius 3 is 2.50 bits per heavy atom. The molecule has 1 rings (SSSR count). The Morgan fingerprint density at radius 1 is 1.44 bits per heavy atom. The topological polar surface area (TPSA) is 88.4 Å². The van der Waals surface area contributed by atoms with Gasteiger partial charge in [-0.25, -0.2) is 4.79 Å². The van der Waals surface area contributed by atoms with E-state index in [2.05, 4.69) is 5.32 Å². The zero-order valence-electron chi connectivity index (χ0n) is 10.6. The lowest BCUT2D eigenvalue weighted by molar-refractivity contribution is -0.143. The van der Waals surface area contributed by atoms with E-state index in [0.29, 0.717) is 0 Å². The Bertz CT molecular complexity index is 535. The smallest absolute Gasteiger partial charge is 0.329 e. The summed E-state index contributed by atoms with van der Waals surface area (Å²) in [6, 6.07) is 2.63. The molecule has 0 bridgehead atoms. The summed E-state index contributed by atoms with van der Waals surface area (Å²) >= 11 is 0. The fourth-order valence-electron chi connectivity index (χ4n) is 1.34. The van der Waals surface area contributed by atoms with Gasteiger partial charge in [-0.3, -0.25) is 9.59 Å². The van der Waals surface area contributed by atoms with Gasteiger partial charge in [-0.15, -0.1) is 0 Å². The summed E-state index contributed by atoms with van der Waals surface area (Å²) in [6.07, 6.45) is 1.63. The monoisotopic (exact) mass is 252 g/mol. The van der Waals surface area contributed by atoms with Gasteiger partial charge in [0.25, 0.3) is 5.91 Å². The average molecular weight is 252 g/mol. The van der Waals surface area contributed by atoms with E-state index in [-0.39, 0.29) is 17.5 Å². The number of carbonyl (C=O) groups excluding carboxylic acids is 1. The van der Waals surface area contributed by atoms with Crippen LogP contribution in [0.2, 0.25) is 0 Å². The SMILES string of the molecule is CCC(C)(NC(=O)c1ccc(=O)n(C)c1)C(=O)O. The van der Waals surface area contributed by atoms with Gasteiger partial charge in [0.2, 0.25) is 5.56 Å². The number of carboxylic acids is 1. The highest BCUT2D eigenvalue weighted by atomic mass is 16.4. The lowest BCUT2D eigenvalue weighted by atomic mass is 9.99. The largest absolute Gasteiger partial charge is 0.480 e. The summed E-state index contributed by atoms with van der Waals surface area (Å²) in [7, 11) is 1.52. The lowest BCUT2D eigenvalue weighted by Gasteiger charge is -2.24. The number of nitrogens with zero attached hydrogens (tertiary/aromatic N) is 1. The number of nitrogens with one attached hydrogen (secondary N) is 1. The second-order valence-electron chi connectivity index (χ2n) is 4.31. The summed E-state index contributed by atoms with van der Waals surface area (Å²) in [5.41, 5.74) is -1.30. The van der Waals surface area contributed by atoms with Gasteiger partial charge in [0.15, 0.2) is 0 Å². The Hall–Kier alpha value is -2.11. The molecule has 98 valence electrons. The number of aromatic nitrogens is 1. The normalized spacial score (nSPS) is 13.7. The molecule has 0 saturated carbocycles. The van der Waals surface area contributed by atoms with Gasteiger partial charge in [-0.2, -0.15) is 0 Å². The van der Waals surface area contributed by atoms with Gasteiger partial charge in [-0.05, 0) is 19.4 Å². The van der Waals surface area contributed by atoms with Crippen molar-refractivity contribution in [2.45, 2.75) is 25.8 Å². The second kappa shape index (κ2) is 5.03. The van der Waals surface area contributed by atoms with Crippen LogP contribution in [0.15, 0.2) is 23.1 Å². The minimum atomic E-state index is -1.31. The molecule has 1 heterocycles. The fraction of sp³-hybridized carbons (Fsp3) is 0.417. The Kier molecular flexibility index (Phi) is 3.90. The zero-order chi connectivity index (χ0) is 13.9. The van der Waals surface area contributed by atoms with Gasteiger partial charge in [0.05, 0.1) is 5.56 Å². The number of rotatable bonds is 4. The molecule has 1 atom stereocenters. The molecule has 0 aliphatic heterocycles. The van der Waals surface area contributed by atoms with Crippen LogP contribution in [-0.2, 0) is 11.8 Å². The van der Waals surface area contributed by atoms with Crippen LogP contribution in [0.5, 0.6) is 0 Å².